The molecule has 0 aliphatic heterocycles. The molecule has 23 heavy (non-hydrogen) atoms. The van der Waals surface area contributed by atoms with E-state index in [-0.39, 0.29) is 12.1 Å². The van der Waals surface area contributed by atoms with Gasteiger partial charge in [-0.3, -0.25) is 0 Å². The number of benzene rings is 1. The first-order valence-electron chi connectivity index (χ1n) is 7.64. The van der Waals surface area contributed by atoms with Crippen LogP contribution in [0.25, 0.3) is 0 Å². The van der Waals surface area contributed by atoms with Gasteiger partial charge in [0.05, 0.1) is 12.6 Å². The number of rotatable bonds is 7. The first-order valence-corrected chi connectivity index (χ1v) is 7.64. The molecule has 0 saturated heterocycles. The van der Waals surface area contributed by atoms with Crippen LogP contribution in [0, 0.1) is 0 Å². The number of carbonyl (C=O) groups is 1. The van der Waals surface area contributed by atoms with E-state index >= 15 is 0 Å². The van der Waals surface area contributed by atoms with Crippen LogP contribution in [0.1, 0.15) is 36.8 Å². The molecule has 2 amide bonds. The molecule has 0 fully saturated rings. The monoisotopic (exact) mass is 317 g/mol. The van der Waals surface area contributed by atoms with Gasteiger partial charge in [0.2, 0.25) is 0 Å². The van der Waals surface area contributed by atoms with Crippen LogP contribution in [-0.2, 0) is 24.9 Å². The minimum absolute atomic E-state index is 0.221. The maximum absolute atomic E-state index is 12.0. The predicted octanol–water partition coefficient (Wildman–Crippen LogP) is 1.91. The lowest BCUT2D eigenvalue weighted by atomic mass is 10.1. The van der Waals surface area contributed by atoms with Gasteiger partial charge in [-0.2, -0.15) is 0 Å². The highest BCUT2D eigenvalue weighted by Crippen LogP contribution is 2.10. The molecule has 1 atom stereocenters. The molecule has 1 aromatic heterocycles. The summed E-state index contributed by atoms with van der Waals surface area (Å²) in [6.07, 6.45) is 1.61. The maximum Gasteiger partial charge on any atom is 0.315 e. The molecule has 0 unspecified atom stereocenters. The maximum atomic E-state index is 12.0. The van der Waals surface area contributed by atoms with E-state index in [0.717, 1.165) is 11.1 Å². The third-order valence-corrected chi connectivity index (χ3v) is 3.50. The molecule has 0 aliphatic rings. The Labute approximate surface area is 136 Å². The third-order valence-electron chi connectivity index (χ3n) is 3.50. The summed E-state index contributed by atoms with van der Waals surface area (Å²) in [5, 5.41) is 13.5. The van der Waals surface area contributed by atoms with Gasteiger partial charge in [-0.15, -0.1) is 10.2 Å². The Bertz CT molecular complexity index is 641. The van der Waals surface area contributed by atoms with Crippen LogP contribution in [0.4, 0.5) is 4.79 Å². The molecule has 0 aliphatic carbocycles. The van der Waals surface area contributed by atoms with Crippen molar-refractivity contribution < 1.29 is 9.53 Å². The van der Waals surface area contributed by atoms with Crippen LogP contribution in [-0.4, -0.2) is 27.4 Å². The van der Waals surface area contributed by atoms with Gasteiger partial charge in [0, 0.05) is 20.2 Å². The predicted molar refractivity (Wildman–Crippen MR) is 86.6 cm³/mol. The Hall–Kier alpha value is -2.41. The van der Waals surface area contributed by atoms with E-state index in [1.165, 1.54) is 0 Å². The molecule has 1 heterocycles. The van der Waals surface area contributed by atoms with E-state index in [0.29, 0.717) is 25.6 Å². The van der Waals surface area contributed by atoms with Crippen LogP contribution >= 0.6 is 0 Å². The first kappa shape index (κ1) is 17.0. The summed E-state index contributed by atoms with van der Waals surface area (Å²) in [6, 6.07) is 7.45. The number of ether oxygens (including phenoxy) is 1. The van der Waals surface area contributed by atoms with Crippen LogP contribution in [0.5, 0.6) is 0 Å². The Morgan fingerprint density at radius 2 is 2.09 bits per heavy atom. The zero-order valence-corrected chi connectivity index (χ0v) is 13.7. The van der Waals surface area contributed by atoms with Crippen LogP contribution in [0.15, 0.2) is 30.6 Å². The number of nitrogens with one attached hydrogen (secondary N) is 2. The zero-order valence-electron chi connectivity index (χ0n) is 13.7. The van der Waals surface area contributed by atoms with Crippen LogP contribution in [0.2, 0.25) is 0 Å². The second kappa shape index (κ2) is 8.28. The van der Waals surface area contributed by atoms with Gasteiger partial charge in [-0.05, 0) is 25.0 Å². The second-order valence-corrected chi connectivity index (χ2v) is 5.25. The van der Waals surface area contributed by atoms with E-state index in [4.69, 9.17) is 4.74 Å². The van der Waals surface area contributed by atoms with E-state index in [1.807, 2.05) is 45.2 Å². The van der Waals surface area contributed by atoms with Crippen LogP contribution in [0.3, 0.4) is 0 Å². The van der Waals surface area contributed by atoms with Crippen molar-refractivity contribution in [2.24, 2.45) is 7.05 Å². The lowest BCUT2D eigenvalue weighted by Crippen LogP contribution is -2.37. The third kappa shape index (κ3) is 4.79. The van der Waals surface area contributed by atoms with Crippen LogP contribution < -0.4 is 10.6 Å². The summed E-state index contributed by atoms with van der Waals surface area (Å²) >= 11 is 0. The SMILES string of the molecule is CCOCc1ccccc1CNC(=O)N[C@@H](C)c1nncn1C. The molecule has 2 N–H and O–H groups in total. The van der Waals surface area contributed by atoms with Gasteiger partial charge < -0.3 is 19.9 Å². The highest BCUT2D eigenvalue weighted by atomic mass is 16.5. The number of aromatic nitrogens is 3. The first-order chi connectivity index (χ1) is 11.1. The summed E-state index contributed by atoms with van der Waals surface area (Å²) in [5.41, 5.74) is 2.12. The molecule has 0 bridgehead atoms. The van der Waals surface area contributed by atoms with Gasteiger partial charge in [0.15, 0.2) is 5.82 Å². The fourth-order valence-corrected chi connectivity index (χ4v) is 2.25. The Morgan fingerprint density at radius 1 is 1.35 bits per heavy atom. The quantitative estimate of drug-likeness (QED) is 0.817. The molecule has 7 nitrogen and oxygen atoms in total. The molecule has 1 aromatic carbocycles. The summed E-state index contributed by atoms with van der Waals surface area (Å²) < 4.78 is 7.23. The van der Waals surface area contributed by atoms with E-state index < -0.39 is 0 Å². The Balaban J connectivity index is 1.88. The normalized spacial score (nSPS) is 12.0. The van der Waals surface area contributed by atoms with Crippen molar-refractivity contribution in [3.8, 4) is 0 Å². The van der Waals surface area contributed by atoms with Gasteiger partial charge in [0.25, 0.3) is 0 Å². The highest BCUT2D eigenvalue weighted by Gasteiger charge is 2.14. The largest absolute Gasteiger partial charge is 0.377 e. The molecule has 0 saturated carbocycles. The fourth-order valence-electron chi connectivity index (χ4n) is 2.25. The number of nitrogens with zero attached hydrogens (tertiary/aromatic N) is 3. The topological polar surface area (TPSA) is 81.1 Å². The lowest BCUT2D eigenvalue weighted by Gasteiger charge is -2.15. The van der Waals surface area contributed by atoms with Crippen molar-refractivity contribution in [1.82, 2.24) is 25.4 Å². The van der Waals surface area contributed by atoms with Gasteiger partial charge in [-0.25, -0.2) is 4.79 Å². The average Bonchev–Trinajstić information content (AvgIpc) is 2.98. The average molecular weight is 317 g/mol. The van der Waals surface area contributed by atoms with Crippen molar-refractivity contribution in [3.05, 3.63) is 47.5 Å². The van der Waals surface area contributed by atoms with Crippen molar-refractivity contribution >= 4 is 6.03 Å². The summed E-state index contributed by atoms with van der Waals surface area (Å²) in [6.45, 7) is 5.48. The van der Waals surface area contributed by atoms with Gasteiger partial charge >= 0.3 is 6.03 Å². The van der Waals surface area contributed by atoms with E-state index in [1.54, 1.807) is 10.9 Å². The van der Waals surface area contributed by atoms with Crippen molar-refractivity contribution in [2.75, 3.05) is 6.61 Å². The number of amides is 2. The Kier molecular flexibility index (Phi) is 6.10. The molecule has 124 valence electrons. The smallest absolute Gasteiger partial charge is 0.315 e. The number of aryl methyl sites for hydroxylation is 1. The molecular weight excluding hydrogens is 294 g/mol. The molecular formula is C16H23N5O2. The van der Waals surface area contributed by atoms with Crippen molar-refractivity contribution in [3.63, 3.8) is 0 Å². The Morgan fingerprint density at radius 3 is 2.74 bits per heavy atom. The lowest BCUT2D eigenvalue weighted by molar-refractivity contribution is 0.133. The zero-order chi connectivity index (χ0) is 16.7. The molecule has 2 rings (SSSR count). The standard InChI is InChI=1S/C16H23N5O2/c1-4-23-10-14-8-6-5-7-13(14)9-17-16(22)19-12(2)15-20-18-11-21(15)3/h5-8,11-12H,4,9-10H2,1-3H3,(H2,17,19,22)/t12-/m0/s1. The second-order valence-electron chi connectivity index (χ2n) is 5.25. The molecule has 0 radical (unpaired) electrons. The fraction of sp³-hybridized carbons (Fsp3) is 0.438. The molecule has 7 heteroatoms. The number of carbonyl (C=O) groups excluding carboxylic acids is 1. The molecule has 0 spiro atoms. The van der Waals surface area contributed by atoms with Crippen molar-refractivity contribution in [1.29, 1.82) is 0 Å². The molecule has 2 aromatic rings. The summed E-state index contributed by atoms with van der Waals surface area (Å²) in [7, 11) is 1.84. The summed E-state index contributed by atoms with van der Waals surface area (Å²) in [5.74, 6) is 0.705. The summed E-state index contributed by atoms with van der Waals surface area (Å²) in [4.78, 5) is 12.0. The van der Waals surface area contributed by atoms with E-state index in [2.05, 4.69) is 20.8 Å². The van der Waals surface area contributed by atoms with E-state index in [9.17, 15) is 4.79 Å². The van der Waals surface area contributed by atoms with Gasteiger partial charge in [0.1, 0.15) is 6.33 Å². The number of hydrogen-bond donors (Lipinski definition) is 2. The van der Waals surface area contributed by atoms with Crippen molar-refractivity contribution in [2.45, 2.75) is 33.0 Å². The van der Waals surface area contributed by atoms with Gasteiger partial charge in [-0.1, -0.05) is 24.3 Å². The number of urea groups is 1. The highest BCUT2D eigenvalue weighted by molar-refractivity contribution is 5.74. The minimum Gasteiger partial charge on any atom is -0.377 e. The minimum atomic E-state index is -0.244. The number of hydrogen-bond acceptors (Lipinski definition) is 4.